The van der Waals surface area contributed by atoms with Crippen LogP contribution in [-0.4, -0.2) is 49.7 Å². The predicted molar refractivity (Wildman–Crippen MR) is 81.4 cm³/mol. The van der Waals surface area contributed by atoms with Crippen molar-refractivity contribution in [2.24, 2.45) is 10.7 Å². The molecule has 0 aromatic heterocycles. The molecule has 1 saturated heterocycles. The van der Waals surface area contributed by atoms with Crippen molar-refractivity contribution in [3.8, 4) is 5.75 Å². The van der Waals surface area contributed by atoms with Gasteiger partial charge in [-0.3, -0.25) is 4.99 Å². The lowest BCUT2D eigenvalue weighted by Crippen LogP contribution is -2.53. The fourth-order valence-corrected chi connectivity index (χ4v) is 3.44. The van der Waals surface area contributed by atoms with Crippen LogP contribution >= 0.6 is 0 Å². The van der Waals surface area contributed by atoms with Crippen molar-refractivity contribution >= 4 is 11.6 Å². The van der Waals surface area contributed by atoms with Crippen LogP contribution in [0.25, 0.3) is 0 Å². The van der Waals surface area contributed by atoms with Crippen molar-refractivity contribution in [3.05, 3.63) is 24.3 Å². The van der Waals surface area contributed by atoms with Crippen molar-refractivity contribution < 1.29 is 4.74 Å². The highest BCUT2D eigenvalue weighted by atomic mass is 16.5. The van der Waals surface area contributed by atoms with Crippen molar-refractivity contribution in [2.45, 2.75) is 24.9 Å². The topological polar surface area (TPSA) is 54.1 Å². The smallest absolute Gasteiger partial charge is 0.196 e. The fraction of sp³-hybridized carbons (Fsp3) is 0.533. The van der Waals surface area contributed by atoms with Gasteiger partial charge in [0, 0.05) is 24.3 Å². The number of benzene rings is 1. The van der Waals surface area contributed by atoms with E-state index in [2.05, 4.69) is 34.8 Å². The number of anilines is 1. The number of likely N-dealkylation sites (N-methyl/N-ethyl adjacent to an activating group) is 1. The number of hydrogen-bond acceptors (Lipinski definition) is 5. The molecule has 2 unspecified atom stereocenters. The molecule has 1 spiro atoms. The van der Waals surface area contributed by atoms with E-state index in [1.807, 2.05) is 18.2 Å². The first-order valence-corrected chi connectivity index (χ1v) is 7.00. The molecule has 0 radical (unpaired) electrons. The summed E-state index contributed by atoms with van der Waals surface area (Å²) >= 11 is 0. The Hall–Kier alpha value is -1.75. The summed E-state index contributed by atoms with van der Waals surface area (Å²) in [5.74, 6) is 1.46. The second-order valence-corrected chi connectivity index (χ2v) is 5.90. The summed E-state index contributed by atoms with van der Waals surface area (Å²) in [6.07, 6.45) is 1.07. The van der Waals surface area contributed by atoms with E-state index < -0.39 is 0 Å². The molecule has 3 rings (SSSR count). The summed E-state index contributed by atoms with van der Waals surface area (Å²) < 4.78 is 5.33. The van der Waals surface area contributed by atoms with Crippen LogP contribution in [-0.2, 0) is 0 Å². The van der Waals surface area contributed by atoms with E-state index in [9.17, 15) is 0 Å². The summed E-state index contributed by atoms with van der Waals surface area (Å²) in [5.41, 5.74) is 7.22. The number of hydrogen-bond donors (Lipinski definition) is 1. The molecule has 1 aromatic carbocycles. The zero-order valence-corrected chi connectivity index (χ0v) is 12.3. The van der Waals surface area contributed by atoms with Crippen LogP contribution in [0, 0.1) is 0 Å². The van der Waals surface area contributed by atoms with Crippen LogP contribution in [0.1, 0.15) is 13.3 Å². The minimum absolute atomic E-state index is 0.00931. The number of likely N-dealkylation sites (tertiary alicyclic amines) is 1. The van der Waals surface area contributed by atoms with Gasteiger partial charge in [-0.1, -0.05) is 6.07 Å². The van der Waals surface area contributed by atoms with Gasteiger partial charge in [0.2, 0.25) is 0 Å². The molecule has 0 saturated carbocycles. The molecule has 2 aliphatic heterocycles. The molecule has 1 fully saturated rings. The van der Waals surface area contributed by atoms with Gasteiger partial charge in [0.15, 0.2) is 5.96 Å². The molecule has 20 heavy (non-hydrogen) atoms. The maximum Gasteiger partial charge on any atom is 0.196 e. The van der Waals surface area contributed by atoms with E-state index in [-0.39, 0.29) is 5.54 Å². The van der Waals surface area contributed by atoms with Crippen molar-refractivity contribution in [3.63, 3.8) is 0 Å². The lowest BCUT2D eigenvalue weighted by Gasteiger charge is -2.36. The zero-order valence-electron chi connectivity index (χ0n) is 12.3. The Kier molecular flexibility index (Phi) is 3.09. The van der Waals surface area contributed by atoms with Crippen LogP contribution in [0.15, 0.2) is 29.3 Å². The van der Waals surface area contributed by atoms with E-state index in [4.69, 9.17) is 10.5 Å². The Balaban J connectivity index is 1.98. The summed E-state index contributed by atoms with van der Waals surface area (Å²) in [4.78, 5) is 9.07. The number of nitrogens with two attached hydrogens (primary N) is 1. The van der Waals surface area contributed by atoms with Crippen LogP contribution in [0.2, 0.25) is 0 Å². The maximum atomic E-state index is 6.16. The molecular formula is C15H22N4O. The van der Waals surface area contributed by atoms with Gasteiger partial charge in [-0.25, -0.2) is 0 Å². The van der Waals surface area contributed by atoms with Crippen LogP contribution in [0.3, 0.4) is 0 Å². The van der Waals surface area contributed by atoms with E-state index >= 15 is 0 Å². The Labute approximate surface area is 120 Å². The summed E-state index contributed by atoms with van der Waals surface area (Å²) in [7, 11) is 3.85. The number of methoxy groups -OCH3 is 1. The fourth-order valence-electron chi connectivity index (χ4n) is 3.44. The Morgan fingerprint density at radius 1 is 1.45 bits per heavy atom. The summed E-state index contributed by atoms with van der Waals surface area (Å²) in [6, 6.07) is 8.59. The van der Waals surface area contributed by atoms with E-state index in [0.29, 0.717) is 12.0 Å². The molecule has 1 aromatic rings. The van der Waals surface area contributed by atoms with Crippen molar-refractivity contribution in [1.82, 2.24) is 4.90 Å². The van der Waals surface area contributed by atoms with Gasteiger partial charge in [-0.05, 0) is 32.5 Å². The van der Waals surface area contributed by atoms with E-state index in [0.717, 1.165) is 30.9 Å². The molecule has 2 atom stereocenters. The third-order valence-corrected chi connectivity index (χ3v) is 4.52. The quantitative estimate of drug-likeness (QED) is 0.883. The highest BCUT2D eigenvalue weighted by molar-refractivity contribution is 5.98. The Morgan fingerprint density at radius 2 is 2.25 bits per heavy atom. The van der Waals surface area contributed by atoms with E-state index in [1.54, 1.807) is 7.11 Å². The van der Waals surface area contributed by atoms with Gasteiger partial charge in [0.05, 0.1) is 19.2 Å². The predicted octanol–water partition coefficient (Wildman–Crippen LogP) is 1.29. The molecule has 2 N–H and O–H groups in total. The summed E-state index contributed by atoms with van der Waals surface area (Å²) in [5, 5.41) is 0. The number of nitrogens with zero attached hydrogens (tertiary/aromatic N) is 3. The van der Waals surface area contributed by atoms with Gasteiger partial charge in [0.25, 0.3) is 0 Å². The first-order valence-electron chi connectivity index (χ1n) is 7.00. The van der Waals surface area contributed by atoms with Crippen LogP contribution in [0.5, 0.6) is 5.75 Å². The van der Waals surface area contributed by atoms with Crippen molar-refractivity contribution in [2.75, 3.05) is 32.1 Å². The van der Waals surface area contributed by atoms with Gasteiger partial charge in [-0.2, -0.15) is 0 Å². The standard InChI is InChI=1S/C15H22N4O/c1-11-8-15(10-18(11)2)9-17-14(16)19(15)12-5-4-6-13(7-12)20-3/h4-7,11H,8-10H2,1-3H3,(H2,16,17). The first kappa shape index (κ1) is 13.2. The number of ether oxygens (including phenoxy) is 1. The molecule has 5 heteroatoms. The highest BCUT2D eigenvalue weighted by Gasteiger charge is 2.49. The molecule has 5 nitrogen and oxygen atoms in total. The van der Waals surface area contributed by atoms with E-state index in [1.165, 1.54) is 0 Å². The SMILES string of the molecule is COc1cccc(N2C(N)=NCC23CC(C)N(C)C3)c1. The third kappa shape index (κ3) is 1.93. The van der Waals surface area contributed by atoms with Gasteiger partial charge < -0.3 is 20.3 Å². The minimum atomic E-state index is -0.00931. The molecule has 0 amide bonds. The van der Waals surface area contributed by atoms with Crippen LogP contribution < -0.4 is 15.4 Å². The highest BCUT2D eigenvalue weighted by Crippen LogP contribution is 2.38. The zero-order chi connectivity index (χ0) is 14.3. The minimum Gasteiger partial charge on any atom is -0.497 e. The molecule has 0 aliphatic carbocycles. The first-order chi connectivity index (χ1) is 9.55. The number of guanidine groups is 1. The molecule has 2 heterocycles. The number of aliphatic imine (C=N–C) groups is 1. The van der Waals surface area contributed by atoms with Crippen LogP contribution in [0.4, 0.5) is 5.69 Å². The Morgan fingerprint density at radius 3 is 2.90 bits per heavy atom. The lowest BCUT2D eigenvalue weighted by molar-refractivity contribution is 0.322. The maximum absolute atomic E-state index is 6.16. The average Bonchev–Trinajstić information content (AvgIpc) is 2.90. The van der Waals surface area contributed by atoms with Crippen molar-refractivity contribution in [1.29, 1.82) is 0 Å². The second kappa shape index (κ2) is 4.66. The molecular weight excluding hydrogens is 252 g/mol. The van der Waals surface area contributed by atoms with Gasteiger partial charge in [0.1, 0.15) is 5.75 Å². The molecule has 2 aliphatic rings. The van der Waals surface area contributed by atoms with Gasteiger partial charge in [-0.15, -0.1) is 0 Å². The molecule has 108 valence electrons. The third-order valence-electron chi connectivity index (χ3n) is 4.52. The summed E-state index contributed by atoms with van der Waals surface area (Å²) in [6.45, 7) is 4.01. The lowest BCUT2D eigenvalue weighted by atomic mass is 9.94. The van der Waals surface area contributed by atoms with Gasteiger partial charge >= 0.3 is 0 Å². The second-order valence-electron chi connectivity index (χ2n) is 5.90. The average molecular weight is 274 g/mol. The number of rotatable bonds is 2. The molecule has 0 bridgehead atoms. The largest absolute Gasteiger partial charge is 0.497 e. The normalized spacial score (nSPS) is 30.1. The monoisotopic (exact) mass is 274 g/mol. The Bertz CT molecular complexity index is 532.